The van der Waals surface area contributed by atoms with E-state index in [9.17, 15) is 5.26 Å². The van der Waals surface area contributed by atoms with E-state index in [4.69, 9.17) is 0 Å². The summed E-state index contributed by atoms with van der Waals surface area (Å²) < 4.78 is 0. The van der Waals surface area contributed by atoms with Crippen LogP contribution in [0, 0.1) is 24.2 Å². The van der Waals surface area contributed by atoms with Crippen molar-refractivity contribution in [1.29, 1.82) is 5.26 Å². The largest absolute Gasteiger partial charge is 0.352 e. The second kappa shape index (κ2) is 4.03. The Hall–Kier alpha value is -1.56. The fraction of sp³-hybridized carbons (Fsp3) is 0.571. The first-order valence-electron chi connectivity index (χ1n) is 6.42. The number of pyridine rings is 1. The van der Waals surface area contributed by atoms with E-state index in [1.807, 2.05) is 19.1 Å². The van der Waals surface area contributed by atoms with Crippen LogP contribution in [0.3, 0.4) is 0 Å². The Labute approximate surface area is 102 Å². The third-order valence-corrected chi connectivity index (χ3v) is 3.55. The molecular formula is C14H17N3. The molecule has 1 aromatic heterocycles. The molecule has 0 amide bonds. The average Bonchev–Trinajstić information content (AvgIpc) is 3.17. The number of aromatic nitrogens is 1. The number of nitrogens with zero attached hydrogens (tertiary/aromatic N) is 3. The third-order valence-electron chi connectivity index (χ3n) is 3.55. The maximum absolute atomic E-state index is 9.19. The lowest BCUT2D eigenvalue weighted by Crippen LogP contribution is -2.29. The minimum Gasteiger partial charge on any atom is -0.352 e. The van der Waals surface area contributed by atoms with Gasteiger partial charge in [-0.2, -0.15) is 5.26 Å². The van der Waals surface area contributed by atoms with Gasteiger partial charge in [0.2, 0.25) is 0 Å². The van der Waals surface area contributed by atoms with Gasteiger partial charge in [-0.1, -0.05) is 0 Å². The highest BCUT2D eigenvalue weighted by Crippen LogP contribution is 2.38. The van der Waals surface area contributed by atoms with Gasteiger partial charge in [0.25, 0.3) is 0 Å². The van der Waals surface area contributed by atoms with Crippen molar-refractivity contribution in [3.05, 3.63) is 23.4 Å². The zero-order chi connectivity index (χ0) is 11.8. The van der Waals surface area contributed by atoms with Gasteiger partial charge >= 0.3 is 0 Å². The van der Waals surface area contributed by atoms with Crippen molar-refractivity contribution in [2.75, 3.05) is 11.4 Å². The van der Waals surface area contributed by atoms with E-state index in [1.165, 1.54) is 25.7 Å². The van der Waals surface area contributed by atoms with Crippen molar-refractivity contribution in [2.45, 2.75) is 38.6 Å². The molecule has 17 heavy (non-hydrogen) atoms. The van der Waals surface area contributed by atoms with Gasteiger partial charge in [0.05, 0.1) is 5.56 Å². The van der Waals surface area contributed by atoms with Crippen LogP contribution in [0.25, 0.3) is 0 Å². The SMILES string of the molecule is Cc1ccc(C#N)c(N(CC2CC2)C2CC2)n1. The lowest BCUT2D eigenvalue weighted by molar-refractivity contribution is 0.707. The van der Waals surface area contributed by atoms with Crippen LogP contribution >= 0.6 is 0 Å². The predicted octanol–water partition coefficient (Wildman–Crippen LogP) is 2.64. The molecule has 0 bridgehead atoms. The number of hydrogen-bond donors (Lipinski definition) is 0. The molecule has 0 N–H and O–H groups in total. The molecule has 3 nitrogen and oxygen atoms in total. The maximum atomic E-state index is 9.19. The van der Waals surface area contributed by atoms with Crippen LogP contribution in [-0.4, -0.2) is 17.6 Å². The molecule has 2 aliphatic rings. The van der Waals surface area contributed by atoms with Gasteiger partial charge < -0.3 is 4.90 Å². The molecule has 0 aliphatic heterocycles. The van der Waals surface area contributed by atoms with E-state index in [2.05, 4.69) is 16.0 Å². The molecule has 0 saturated heterocycles. The van der Waals surface area contributed by atoms with Crippen molar-refractivity contribution in [3.8, 4) is 6.07 Å². The molecule has 88 valence electrons. The summed E-state index contributed by atoms with van der Waals surface area (Å²) in [5.74, 6) is 1.76. The van der Waals surface area contributed by atoms with Crippen molar-refractivity contribution in [2.24, 2.45) is 5.92 Å². The van der Waals surface area contributed by atoms with Gasteiger partial charge in [-0.3, -0.25) is 0 Å². The van der Waals surface area contributed by atoms with Crippen LogP contribution in [0.1, 0.15) is 36.9 Å². The first kappa shape index (κ1) is 10.6. The van der Waals surface area contributed by atoms with Gasteiger partial charge in [0.15, 0.2) is 0 Å². The minimum absolute atomic E-state index is 0.636. The molecule has 0 spiro atoms. The molecule has 1 heterocycles. The summed E-state index contributed by atoms with van der Waals surface area (Å²) in [5.41, 5.74) is 1.73. The Kier molecular flexibility index (Phi) is 2.51. The molecule has 1 aromatic rings. The summed E-state index contributed by atoms with van der Waals surface area (Å²) in [7, 11) is 0. The van der Waals surface area contributed by atoms with Crippen LogP contribution in [0.5, 0.6) is 0 Å². The summed E-state index contributed by atoms with van der Waals surface area (Å²) in [6.07, 6.45) is 5.20. The third kappa shape index (κ3) is 2.26. The highest BCUT2D eigenvalue weighted by Gasteiger charge is 2.35. The molecule has 0 radical (unpaired) electrons. The van der Waals surface area contributed by atoms with E-state index in [0.717, 1.165) is 29.5 Å². The Bertz CT molecular complexity index is 467. The van der Waals surface area contributed by atoms with E-state index < -0.39 is 0 Å². The van der Waals surface area contributed by atoms with Gasteiger partial charge in [0.1, 0.15) is 11.9 Å². The average molecular weight is 227 g/mol. The summed E-state index contributed by atoms with van der Waals surface area (Å²) >= 11 is 0. The van der Waals surface area contributed by atoms with Crippen LogP contribution in [-0.2, 0) is 0 Å². The molecule has 2 fully saturated rings. The number of anilines is 1. The molecule has 0 unspecified atom stereocenters. The lowest BCUT2D eigenvalue weighted by Gasteiger charge is -2.24. The molecule has 3 rings (SSSR count). The summed E-state index contributed by atoms with van der Waals surface area (Å²) in [5, 5.41) is 9.19. The quantitative estimate of drug-likeness (QED) is 0.794. The Balaban J connectivity index is 1.92. The molecule has 0 aromatic carbocycles. The van der Waals surface area contributed by atoms with Crippen LogP contribution in [0.4, 0.5) is 5.82 Å². The minimum atomic E-state index is 0.636. The topological polar surface area (TPSA) is 39.9 Å². The van der Waals surface area contributed by atoms with Crippen LogP contribution < -0.4 is 4.90 Å². The first-order valence-corrected chi connectivity index (χ1v) is 6.42. The van der Waals surface area contributed by atoms with E-state index in [1.54, 1.807) is 0 Å². The Morgan fingerprint density at radius 2 is 2.12 bits per heavy atom. The van der Waals surface area contributed by atoms with Crippen LogP contribution in [0.15, 0.2) is 12.1 Å². The lowest BCUT2D eigenvalue weighted by atomic mass is 10.2. The Morgan fingerprint density at radius 3 is 2.71 bits per heavy atom. The number of rotatable bonds is 4. The van der Waals surface area contributed by atoms with E-state index in [0.29, 0.717) is 6.04 Å². The number of aryl methyl sites for hydroxylation is 1. The number of hydrogen-bond acceptors (Lipinski definition) is 3. The van der Waals surface area contributed by atoms with Crippen LogP contribution in [0.2, 0.25) is 0 Å². The molecule has 3 heteroatoms. The fourth-order valence-electron chi connectivity index (χ4n) is 2.22. The molecule has 0 atom stereocenters. The monoisotopic (exact) mass is 227 g/mol. The van der Waals surface area contributed by atoms with Gasteiger partial charge in [-0.25, -0.2) is 4.98 Å². The predicted molar refractivity (Wildman–Crippen MR) is 66.8 cm³/mol. The summed E-state index contributed by atoms with van der Waals surface area (Å²) in [6, 6.07) is 6.74. The van der Waals surface area contributed by atoms with E-state index >= 15 is 0 Å². The van der Waals surface area contributed by atoms with Gasteiger partial charge in [0, 0.05) is 18.3 Å². The van der Waals surface area contributed by atoms with Gasteiger partial charge in [-0.15, -0.1) is 0 Å². The normalized spacial score (nSPS) is 18.8. The highest BCUT2D eigenvalue weighted by atomic mass is 15.2. The second-order valence-corrected chi connectivity index (χ2v) is 5.26. The van der Waals surface area contributed by atoms with Crippen molar-refractivity contribution >= 4 is 5.82 Å². The fourth-order valence-corrected chi connectivity index (χ4v) is 2.22. The van der Waals surface area contributed by atoms with Crippen molar-refractivity contribution < 1.29 is 0 Å². The smallest absolute Gasteiger partial charge is 0.147 e. The molecular weight excluding hydrogens is 210 g/mol. The zero-order valence-electron chi connectivity index (χ0n) is 10.2. The van der Waals surface area contributed by atoms with E-state index in [-0.39, 0.29) is 0 Å². The molecule has 2 aliphatic carbocycles. The van der Waals surface area contributed by atoms with Gasteiger partial charge in [-0.05, 0) is 50.7 Å². The second-order valence-electron chi connectivity index (χ2n) is 5.26. The standard InChI is InChI=1S/C14H17N3/c1-10-2-5-12(8-15)14(16-10)17(13-6-7-13)9-11-3-4-11/h2,5,11,13H,3-4,6-7,9H2,1H3. The molecule has 2 saturated carbocycles. The highest BCUT2D eigenvalue weighted by molar-refractivity contribution is 5.56. The van der Waals surface area contributed by atoms with Crippen molar-refractivity contribution in [3.63, 3.8) is 0 Å². The maximum Gasteiger partial charge on any atom is 0.147 e. The zero-order valence-corrected chi connectivity index (χ0v) is 10.2. The first-order chi connectivity index (χ1) is 8.28. The van der Waals surface area contributed by atoms with Crippen molar-refractivity contribution in [1.82, 2.24) is 4.98 Å². The summed E-state index contributed by atoms with van der Waals surface area (Å²) in [6.45, 7) is 3.09. The Morgan fingerprint density at radius 1 is 1.35 bits per heavy atom. The number of nitriles is 1. The summed E-state index contributed by atoms with van der Waals surface area (Å²) in [4.78, 5) is 6.97.